The standard InChI is InChI=1S/C14H18N4/c1-10-14(18-8-7-11(9-18)15-2)17-13-6-4-3-5-12(13)16-10/h3-6,11,15H,7-9H2,1-2H3. The highest BCUT2D eigenvalue weighted by atomic mass is 15.2. The second kappa shape index (κ2) is 4.53. The molecule has 0 radical (unpaired) electrons. The fourth-order valence-corrected chi connectivity index (χ4v) is 2.57. The van der Waals surface area contributed by atoms with E-state index in [-0.39, 0.29) is 0 Å². The summed E-state index contributed by atoms with van der Waals surface area (Å²) in [6, 6.07) is 8.62. The largest absolute Gasteiger partial charge is 0.353 e. The first-order valence-corrected chi connectivity index (χ1v) is 6.43. The van der Waals surface area contributed by atoms with Gasteiger partial charge >= 0.3 is 0 Å². The molecule has 1 aromatic heterocycles. The van der Waals surface area contributed by atoms with Crippen LogP contribution in [0.25, 0.3) is 11.0 Å². The first kappa shape index (κ1) is 11.4. The molecule has 0 spiro atoms. The summed E-state index contributed by atoms with van der Waals surface area (Å²) in [6.07, 6.45) is 1.17. The zero-order valence-corrected chi connectivity index (χ0v) is 10.8. The number of aromatic nitrogens is 2. The summed E-state index contributed by atoms with van der Waals surface area (Å²) >= 11 is 0. The molecule has 0 bridgehead atoms. The quantitative estimate of drug-likeness (QED) is 0.871. The maximum Gasteiger partial charge on any atom is 0.150 e. The van der Waals surface area contributed by atoms with Crippen LogP contribution in [-0.2, 0) is 0 Å². The summed E-state index contributed by atoms with van der Waals surface area (Å²) in [4.78, 5) is 11.7. The maximum absolute atomic E-state index is 4.76. The Bertz CT molecular complexity index is 567. The van der Waals surface area contributed by atoms with E-state index in [1.54, 1.807) is 0 Å². The van der Waals surface area contributed by atoms with E-state index in [0.717, 1.165) is 35.6 Å². The average molecular weight is 242 g/mol. The molecule has 0 aliphatic carbocycles. The Kier molecular flexibility index (Phi) is 2.88. The van der Waals surface area contributed by atoms with Crippen LogP contribution in [0.5, 0.6) is 0 Å². The molecular weight excluding hydrogens is 224 g/mol. The molecule has 18 heavy (non-hydrogen) atoms. The van der Waals surface area contributed by atoms with E-state index in [1.807, 2.05) is 38.2 Å². The van der Waals surface area contributed by atoms with Gasteiger partial charge in [0.15, 0.2) is 5.82 Å². The van der Waals surface area contributed by atoms with Crippen LogP contribution in [0.1, 0.15) is 12.1 Å². The summed E-state index contributed by atoms with van der Waals surface area (Å²) in [5, 5.41) is 3.33. The van der Waals surface area contributed by atoms with Crippen LogP contribution in [-0.4, -0.2) is 36.1 Å². The Morgan fingerprint density at radius 2 is 1.94 bits per heavy atom. The van der Waals surface area contributed by atoms with Crippen molar-refractivity contribution in [1.29, 1.82) is 0 Å². The second-order valence-corrected chi connectivity index (χ2v) is 4.84. The molecular formula is C14H18N4. The Balaban J connectivity index is 1.99. The first-order chi connectivity index (χ1) is 8.78. The number of para-hydroxylation sites is 2. The molecule has 0 amide bonds. The lowest BCUT2D eigenvalue weighted by atomic mass is 10.3. The number of likely N-dealkylation sites (N-methyl/N-ethyl adjacent to an activating group) is 1. The third kappa shape index (κ3) is 1.93. The number of rotatable bonds is 2. The average Bonchev–Trinajstić information content (AvgIpc) is 2.86. The lowest BCUT2D eigenvalue weighted by Crippen LogP contribution is -2.30. The van der Waals surface area contributed by atoms with Crippen LogP contribution in [0.3, 0.4) is 0 Å². The molecule has 1 fully saturated rings. The summed E-state index contributed by atoms with van der Waals surface area (Å²) in [5.74, 6) is 1.03. The molecule has 1 atom stereocenters. The third-order valence-electron chi connectivity index (χ3n) is 3.62. The molecule has 1 aromatic carbocycles. The SMILES string of the molecule is CNC1CCN(c2nc3ccccc3nc2C)C1. The molecule has 3 rings (SSSR count). The van der Waals surface area contributed by atoms with Crippen molar-refractivity contribution in [2.24, 2.45) is 0 Å². The van der Waals surface area contributed by atoms with Gasteiger partial charge in [-0.15, -0.1) is 0 Å². The van der Waals surface area contributed by atoms with Gasteiger partial charge in [-0.25, -0.2) is 9.97 Å². The van der Waals surface area contributed by atoms with E-state index in [9.17, 15) is 0 Å². The Morgan fingerprint density at radius 3 is 2.61 bits per heavy atom. The smallest absolute Gasteiger partial charge is 0.150 e. The van der Waals surface area contributed by atoms with E-state index in [2.05, 4.69) is 15.2 Å². The van der Waals surface area contributed by atoms with E-state index < -0.39 is 0 Å². The van der Waals surface area contributed by atoms with Crippen molar-refractivity contribution in [3.8, 4) is 0 Å². The minimum absolute atomic E-state index is 0.567. The highest BCUT2D eigenvalue weighted by Crippen LogP contribution is 2.23. The van der Waals surface area contributed by atoms with Crippen molar-refractivity contribution in [2.45, 2.75) is 19.4 Å². The van der Waals surface area contributed by atoms with Crippen LogP contribution in [0.4, 0.5) is 5.82 Å². The van der Waals surface area contributed by atoms with E-state index in [0.29, 0.717) is 6.04 Å². The van der Waals surface area contributed by atoms with Crippen molar-refractivity contribution in [3.05, 3.63) is 30.0 Å². The number of nitrogens with zero attached hydrogens (tertiary/aromatic N) is 3. The van der Waals surface area contributed by atoms with Crippen LogP contribution >= 0.6 is 0 Å². The highest BCUT2D eigenvalue weighted by molar-refractivity contribution is 5.76. The number of aryl methyl sites for hydroxylation is 1. The summed E-state index contributed by atoms with van der Waals surface area (Å²) in [7, 11) is 2.02. The lowest BCUT2D eigenvalue weighted by Gasteiger charge is -2.19. The van der Waals surface area contributed by atoms with Gasteiger partial charge in [0, 0.05) is 19.1 Å². The third-order valence-corrected chi connectivity index (χ3v) is 3.62. The molecule has 4 heteroatoms. The van der Waals surface area contributed by atoms with E-state index >= 15 is 0 Å². The van der Waals surface area contributed by atoms with E-state index in [4.69, 9.17) is 4.98 Å². The predicted octanol–water partition coefficient (Wildman–Crippen LogP) is 1.74. The molecule has 1 saturated heterocycles. The number of anilines is 1. The lowest BCUT2D eigenvalue weighted by molar-refractivity contribution is 0.616. The highest BCUT2D eigenvalue weighted by Gasteiger charge is 2.23. The molecule has 1 unspecified atom stereocenters. The van der Waals surface area contributed by atoms with Gasteiger partial charge in [-0.2, -0.15) is 0 Å². The van der Waals surface area contributed by atoms with Crippen molar-refractivity contribution in [2.75, 3.05) is 25.0 Å². The number of hydrogen-bond acceptors (Lipinski definition) is 4. The summed E-state index contributed by atoms with van der Waals surface area (Å²) in [5.41, 5.74) is 2.97. The summed E-state index contributed by atoms with van der Waals surface area (Å²) < 4.78 is 0. The van der Waals surface area contributed by atoms with Gasteiger partial charge < -0.3 is 10.2 Å². The molecule has 1 N–H and O–H groups in total. The molecule has 1 aliphatic heterocycles. The Morgan fingerprint density at radius 1 is 1.22 bits per heavy atom. The fourth-order valence-electron chi connectivity index (χ4n) is 2.57. The monoisotopic (exact) mass is 242 g/mol. The normalized spacial score (nSPS) is 19.7. The van der Waals surface area contributed by atoms with Crippen molar-refractivity contribution < 1.29 is 0 Å². The van der Waals surface area contributed by atoms with Gasteiger partial charge in [0.2, 0.25) is 0 Å². The predicted molar refractivity (Wildman–Crippen MR) is 74.0 cm³/mol. The van der Waals surface area contributed by atoms with Crippen molar-refractivity contribution in [1.82, 2.24) is 15.3 Å². The van der Waals surface area contributed by atoms with Crippen molar-refractivity contribution in [3.63, 3.8) is 0 Å². The number of nitrogens with one attached hydrogen (secondary N) is 1. The number of fused-ring (bicyclic) bond motifs is 1. The molecule has 2 heterocycles. The minimum atomic E-state index is 0.567. The van der Waals surface area contributed by atoms with Crippen LogP contribution < -0.4 is 10.2 Å². The first-order valence-electron chi connectivity index (χ1n) is 6.43. The van der Waals surface area contributed by atoms with Gasteiger partial charge in [-0.1, -0.05) is 12.1 Å². The summed E-state index contributed by atoms with van der Waals surface area (Å²) in [6.45, 7) is 4.12. The molecule has 4 nitrogen and oxygen atoms in total. The Labute approximate surface area is 107 Å². The maximum atomic E-state index is 4.76. The number of hydrogen-bond donors (Lipinski definition) is 1. The van der Waals surface area contributed by atoms with Crippen molar-refractivity contribution >= 4 is 16.9 Å². The fraction of sp³-hybridized carbons (Fsp3) is 0.429. The molecule has 0 saturated carbocycles. The van der Waals surface area contributed by atoms with Gasteiger partial charge in [-0.3, -0.25) is 0 Å². The number of benzene rings is 1. The molecule has 94 valence electrons. The van der Waals surface area contributed by atoms with Crippen LogP contribution in [0, 0.1) is 6.92 Å². The topological polar surface area (TPSA) is 41.0 Å². The minimum Gasteiger partial charge on any atom is -0.353 e. The zero-order valence-electron chi connectivity index (χ0n) is 10.8. The molecule has 1 aliphatic rings. The van der Waals surface area contributed by atoms with Gasteiger partial charge in [-0.05, 0) is 32.5 Å². The molecule has 2 aromatic rings. The Hall–Kier alpha value is -1.68. The van der Waals surface area contributed by atoms with Crippen LogP contribution in [0.2, 0.25) is 0 Å². The zero-order chi connectivity index (χ0) is 12.5. The second-order valence-electron chi connectivity index (χ2n) is 4.84. The van der Waals surface area contributed by atoms with Crippen LogP contribution in [0.15, 0.2) is 24.3 Å². The van der Waals surface area contributed by atoms with E-state index in [1.165, 1.54) is 6.42 Å². The van der Waals surface area contributed by atoms with Gasteiger partial charge in [0.1, 0.15) is 0 Å². The van der Waals surface area contributed by atoms with Gasteiger partial charge in [0.05, 0.1) is 16.7 Å². The van der Waals surface area contributed by atoms with Gasteiger partial charge in [0.25, 0.3) is 0 Å².